The Hall–Kier alpha value is -3.09. The molecule has 0 fully saturated rings. The Labute approximate surface area is 161 Å². The van der Waals surface area contributed by atoms with Crippen LogP contribution in [0, 0.1) is 0 Å². The highest BCUT2D eigenvalue weighted by Gasteiger charge is 2.35. The Morgan fingerprint density at radius 1 is 0.786 bits per heavy atom. The quantitative estimate of drug-likeness (QED) is 0.554. The number of anilines is 4. The zero-order chi connectivity index (χ0) is 20.4. The molecule has 1 aromatic heterocycles. The van der Waals surface area contributed by atoms with Gasteiger partial charge < -0.3 is 10.6 Å². The third kappa shape index (κ3) is 4.79. The van der Waals surface area contributed by atoms with Crippen LogP contribution in [0.15, 0.2) is 60.8 Å². The number of halogens is 3. The maximum atomic E-state index is 13.3. The number of benzene rings is 2. The lowest BCUT2D eigenvalue weighted by Gasteiger charge is -2.19. The van der Waals surface area contributed by atoms with Crippen LogP contribution in [0.4, 0.5) is 36.3 Å². The maximum absolute atomic E-state index is 13.3. The molecule has 146 valence electrons. The third-order valence-electron chi connectivity index (χ3n) is 4.14. The SMILES string of the molecule is CC(C)(C)c1ccc(Nc2ncc(C(F)(F)F)c(Nc3ccccc3)n2)cc1. The first-order valence-corrected chi connectivity index (χ1v) is 8.77. The Bertz CT molecular complexity index is 931. The summed E-state index contributed by atoms with van der Waals surface area (Å²) in [5, 5.41) is 5.68. The maximum Gasteiger partial charge on any atom is 0.421 e. The van der Waals surface area contributed by atoms with E-state index >= 15 is 0 Å². The van der Waals surface area contributed by atoms with Crippen LogP contribution in [0.2, 0.25) is 0 Å². The Morgan fingerprint density at radius 3 is 1.96 bits per heavy atom. The van der Waals surface area contributed by atoms with E-state index in [0.29, 0.717) is 11.4 Å². The molecule has 1 heterocycles. The van der Waals surface area contributed by atoms with Gasteiger partial charge in [0.1, 0.15) is 11.4 Å². The molecule has 0 saturated heterocycles. The van der Waals surface area contributed by atoms with Gasteiger partial charge in [0.2, 0.25) is 5.95 Å². The number of hydrogen-bond donors (Lipinski definition) is 2. The van der Waals surface area contributed by atoms with E-state index in [0.717, 1.165) is 11.8 Å². The largest absolute Gasteiger partial charge is 0.421 e. The van der Waals surface area contributed by atoms with Gasteiger partial charge in [-0.3, -0.25) is 0 Å². The van der Waals surface area contributed by atoms with Crippen molar-refractivity contribution in [1.29, 1.82) is 0 Å². The normalized spacial score (nSPS) is 11.9. The first-order chi connectivity index (χ1) is 13.1. The van der Waals surface area contributed by atoms with Crippen molar-refractivity contribution in [3.8, 4) is 0 Å². The monoisotopic (exact) mass is 386 g/mol. The summed E-state index contributed by atoms with van der Waals surface area (Å²) in [7, 11) is 0. The highest BCUT2D eigenvalue weighted by atomic mass is 19.4. The fraction of sp³-hybridized carbons (Fsp3) is 0.238. The van der Waals surface area contributed by atoms with Gasteiger partial charge >= 0.3 is 6.18 Å². The molecule has 0 atom stereocenters. The molecular formula is C21H21F3N4. The second-order valence-electron chi connectivity index (χ2n) is 7.40. The van der Waals surface area contributed by atoms with Crippen molar-refractivity contribution in [3.63, 3.8) is 0 Å². The summed E-state index contributed by atoms with van der Waals surface area (Å²) in [6, 6.07) is 16.2. The molecule has 4 nitrogen and oxygen atoms in total. The summed E-state index contributed by atoms with van der Waals surface area (Å²) in [6.07, 6.45) is -3.78. The second kappa shape index (κ2) is 7.50. The van der Waals surface area contributed by atoms with E-state index in [1.54, 1.807) is 30.3 Å². The Balaban J connectivity index is 1.89. The summed E-state index contributed by atoms with van der Waals surface area (Å²) in [5.41, 5.74) is 1.43. The number of para-hydroxylation sites is 1. The predicted octanol–water partition coefficient (Wildman–Crippen LogP) is 6.28. The van der Waals surface area contributed by atoms with Crippen LogP contribution in [0.1, 0.15) is 31.9 Å². The van der Waals surface area contributed by atoms with E-state index in [-0.39, 0.29) is 17.2 Å². The van der Waals surface area contributed by atoms with Gasteiger partial charge in [-0.15, -0.1) is 0 Å². The van der Waals surface area contributed by atoms with E-state index in [4.69, 9.17) is 0 Å². The average molecular weight is 386 g/mol. The molecular weight excluding hydrogens is 365 g/mol. The van der Waals surface area contributed by atoms with Crippen LogP contribution in [0.3, 0.4) is 0 Å². The van der Waals surface area contributed by atoms with Gasteiger partial charge in [0, 0.05) is 17.6 Å². The van der Waals surface area contributed by atoms with Crippen LogP contribution in [0.5, 0.6) is 0 Å². The van der Waals surface area contributed by atoms with Crippen LogP contribution >= 0.6 is 0 Å². The number of nitrogens with zero attached hydrogens (tertiary/aromatic N) is 2. The van der Waals surface area contributed by atoms with Crippen LogP contribution in [0.25, 0.3) is 0 Å². The molecule has 0 aliphatic carbocycles. The summed E-state index contributed by atoms with van der Waals surface area (Å²) < 4.78 is 40.0. The minimum absolute atomic E-state index is 0.0101. The van der Waals surface area contributed by atoms with Crippen molar-refractivity contribution in [1.82, 2.24) is 9.97 Å². The van der Waals surface area contributed by atoms with Gasteiger partial charge in [-0.2, -0.15) is 18.2 Å². The molecule has 28 heavy (non-hydrogen) atoms. The van der Waals surface area contributed by atoms with Crippen molar-refractivity contribution in [2.75, 3.05) is 10.6 Å². The van der Waals surface area contributed by atoms with Gasteiger partial charge in [-0.1, -0.05) is 51.1 Å². The molecule has 0 amide bonds. The molecule has 3 rings (SSSR count). The Morgan fingerprint density at radius 2 is 1.39 bits per heavy atom. The molecule has 2 aromatic carbocycles. The molecule has 0 aliphatic heterocycles. The van der Waals surface area contributed by atoms with Gasteiger partial charge in [0.25, 0.3) is 0 Å². The van der Waals surface area contributed by atoms with Gasteiger partial charge in [0.15, 0.2) is 0 Å². The highest BCUT2D eigenvalue weighted by molar-refractivity contribution is 5.62. The zero-order valence-corrected chi connectivity index (χ0v) is 15.8. The second-order valence-corrected chi connectivity index (χ2v) is 7.40. The molecule has 0 unspecified atom stereocenters. The molecule has 3 aromatic rings. The van der Waals surface area contributed by atoms with Gasteiger partial charge in [-0.25, -0.2) is 4.98 Å². The minimum atomic E-state index is -4.57. The van der Waals surface area contributed by atoms with E-state index in [1.165, 1.54) is 0 Å². The topological polar surface area (TPSA) is 49.8 Å². The number of hydrogen-bond acceptors (Lipinski definition) is 4. The molecule has 0 spiro atoms. The van der Waals surface area contributed by atoms with Gasteiger partial charge in [-0.05, 0) is 35.2 Å². The lowest BCUT2D eigenvalue weighted by Crippen LogP contribution is -2.13. The molecule has 7 heteroatoms. The standard InChI is InChI=1S/C21H21F3N4/c1-20(2,3)14-9-11-16(12-10-14)27-19-25-13-17(21(22,23)24)18(28-19)26-15-7-5-4-6-8-15/h4-13H,1-3H3,(H2,25,26,27,28). The third-order valence-corrected chi connectivity index (χ3v) is 4.14. The van der Waals surface area contributed by atoms with Crippen molar-refractivity contribution in [2.24, 2.45) is 0 Å². The zero-order valence-electron chi connectivity index (χ0n) is 15.8. The lowest BCUT2D eigenvalue weighted by molar-refractivity contribution is -0.137. The first-order valence-electron chi connectivity index (χ1n) is 8.77. The van der Waals surface area contributed by atoms with Gasteiger partial charge in [0.05, 0.1) is 0 Å². The average Bonchev–Trinajstić information content (AvgIpc) is 2.61. The Kier molecular flexibility index (Phi) is 5.27. The van der Waals surface area contributed by atoms with E-state index < -0.39 is 11.7 Å². The number of nitrogens with one attached hydrogen (secondary N) is 2. The van der Waals surface area contributed by atoms with E-state index in [2.05, 4.69) is 41.4 Å². The lowest BCUT2D eigenvalue weighted by atomic mass is 9.87. The smallest absolute Gasteiger partial charge is 0.340 e. The number of alkyl halides is 3. The fourth-order valence-corrected chi connectivity index (χ4v) is 2.59. The summed E-state index contributed by atoms with van der Waals surface area (Å²) in [5.74, 6) is -0.225. The predicted molar refractivity (Wildman–Crippen MR) is 105 cm³/mol. The molecule has 0 bridgehead atoms. The molecule has 0 aliphatic rings. The molecule has 0 saturated carbocycles. The van der Waals surface area contributed by atoms with Crippen molar-refractivity contribution in [2.45, 2.75) is 32.4 Å². The number of rotatable bonds is 4. The minimum Gasteiger partial charge on any atom is -0.340 e. The summed E-state index contributed by atoms with van der Waals surface area (Å²) >= 11 is 0. The summed E-state index contributed by atoms with van der Waals surface area (Å²) in [6.45, 7) is 6.32. The fourth-order valence-electron chi connectivity index (χ4n) is 2.59. The highest BCUT2D eigenvalue weighted by Crippen LogP contribution is 2.35. The molecule has 2 N–H and O–H groups in total. The van der Waals surface area contributed by atoms with Crippen molar-refractivity contribution < 1.29 is 13.2 Å². The van der Waals surface area contributed by atoms with E-state index in [9.17, 15) is 13.2 Å². The molecule has 0 radical (unpaired) electrons. The first kappa shape index (κ1) is 19.7. The van der Waals surface area contributed by atoms with Crippen molar-refractivity contribution >= 4 is 23.1 Å². The number of aromatic nitrogens is 2. The van der Waals surface area contributed by atoms with Crippen molar-refractivity contribution in [3.05, 3.63) is 71.9 Å². The summed E-state index contributed by atoms with van der Waals surface area (Å²) in [4.78, 5) is 7.88. The van der Waals surface area contributed by atoms with E-state index in [1.807, 2.05) is 24.3 Å². The van der Waals surface area contributed by atoms with Crippen LogP contribution in [-0.4, -0.2) is 9.97 Å². The van der Waals surface area contributed by atoms with Crippen LogP contribution < -0.4 is 10.6 Å². The van der Waals surface area contributed by atoms with Crippen LogP contribution in [-0.2, 0) is 11.6 Å².